The van der Waals surface area contributed by atoms with E-state index in [2.05, 4.69) is 10.6 Å². The number of rotatable bonds is 5. The Morgan fingerprint density at radius 1 is 1.65 bits per heavy atom. The Morgan fingerprint density at radius 2 is 2.45 bits per heavy atom. The van der Waals surface area contributed by atoms with Gasteiger partial charge in [-0.3, -0.25) is 14.9 Å². The van der Waals surface area contributed by atoms with Crippen LogP contribution in [0.25, 0.3) is 0 Å². The van der Waals surface area contributed by atoms with Gasteiger partial charge in [0.05, 0.1) is 11.1 Å². The van der Waals surface area contributed by atoms with Crippen LogP contribution in [-0.4, -0.2) is 34.5 Å². The molecule has 2 rings (SSSR count). The molecule has 0 aromatic carbocycles. The molecule has 0 aliphatic carbocycles. The van der Waals surface area contributed by atoms with Crippen LogP contribution in [0.3, 0.4) is 0 Å². The standard InChI is InChI=1S/C13H20N4O3/c1-2-6-16-9-11(17(19)20)7-12(16)13(18)15-10-4-3-5-14-8-10/h7,9-10,14H,2-6,8H2,1H3,(H,15,18)/t10-/m0/s1. The van der Waals surface area contributed by atoms with Crippen LogP contribution < -0.4 is 10.6 Å². The Bertz CT molecular complexity index is 492. The van der Waals surface area contributed by atoms with Gasteiger partial charge >= 0.3 is 0 Å². The normalized spacial score (nSPS) is 18.8. The average molecular weight is 280 g/mol. The molecule has 0 radical (unpaired) electrons. The summed E-state index contributed by atoms with van der Waals surface area (Å²) < 4.78 is 1.66. The molecule has 1 saturated heterocycles. The first-order valence-corrected chi connectivity index (χ1v) is 6.98. The molecular formula is C13H20N4O3. The highest BCUT2D eigenvalue weighted by Gasteiger charge is 2.22. The van der Waals surface area contributed by atoms with Crippen molar-refractivity contribution in [2.45, 2.75) is 38.8 Å². The summed E-state index contributed by atoms with van der Waals surface area (Å²) in [5.74, 6) is -0.236. The third-order valence-corrected chi connectivity index (χ3v) is 3.42. The molecule has 1 aliphatic heterocycles. The second-order valence-electron chi connectivity index (χ2n) is 5.05. The molecule has 2 N–H and O–H groups in total. The Morgan fingerprint density at radius 3 is 3.05 bits per heavy atom. The van der Waals surface area contributed by atoms with Gasteiger partial charge in [-0.15, -0.1) is 0 Å². The van der Waals surface area contributed by atoms with E-state index in [1.165, 1.54) is 12.3 Å². The van der Waals surface area contributed by atoms with Gasteiger partial charge in [-0.1, -0.05) is 6.92 Å². The molecule has 0 saturated carbocycles. The summed E-state index contributed by atoms with van der Waals surface area (Å²) in [7, 11) is 0. The van der Waals surface area contributed by atoms with Gasteiger partial charge in [-0.05, 0) is 25.8 Å². The van der Waals surface area contributed by atoms with Crippen LogP contribution in [0.4, 0.5) is 5.69 Å². The molecule has 7 heteroatoms. The van der Waals surface area contributed by atoms with Gasteiger partial charge < -0.3 is 15.2 Å². The van der Waals surface area contributed by atoms with Crippen molar-refractivity contribution in [2.24, 2.45) is 0 Å². The second kappa shape index (κ2) is 6.51. The van der Waals surface area contributed by atoms with E-state index in [4.69, 9.17) is 0 Å². The Hall–Kier alpha value is -1.89. The average Bonchev–Trinajstić information content (AvgIpc) is 2.85. The van der Waals surface area contributed by atoms with Gasteiger partial charge in [-0.2, -0.15) is 0 Å². The lowest BCUT2D eigenvalue weighted by molar-refractivity contribution is -0.384. The maximum absolute atomic E-state index is 12.3. The Labute approximate surface area is 117 Å². The lowest BCUT2D eigenvalue weighted by Crippen LogP contribution is -2.46. The maximum Gasteiger partial charge on any atom is 0.287 e. The lowest BCUT2D eigenvalue weighted by Gasteiger charge is -2.23. The van der Waals surface area contributed by atoms with Gasteiger partial charge in [0, 0.05) is 25.2 Å². The first-order chi connectivity index (χ1) is 9.61. The summed E-state index contributed by atoms with van der Waals surface area (Å²) >= 11 is 0. The maximum atomic E-state index is 12.3. The fourth-order valence-corrected chi connectivity index (χ4v) is 2.45. The molecule has 20 heavy (non-hydrogen) atoms. The first-order valence-electron chi connectivity index (χ1n) is 6.98. The van der Waals surface area contributed by atoms with Crippen molar-refractivity contribution in [3.8, 4) is 0 Å². The van der Waals surface area contributed by atoms with Crippen molar-refractivity contribution in [3.05, 3.63) is 28.1 Å². The lowest BCUT2D eigenvalue weighted by atomic mass is 10.1. The van der Waals surface area contributed by atoms with Crippen LogP contribution in [0.1, 0.15) is 36.7 Å². The van der Waals surface area contributed by atoms with Crippen molar-refractivity contribution < 1.29 is 9.72 Å². The number of aromatic nitrogens is 1. The second-order valence-corrected chi connectivity index (χ2v) is 5.05. The Kier molecular flexibility index (Phi) is 4.73. The summed E-state index contributed by atoms with van der Waals surface area (Å²) in [5, 5.41) is 17.0. The molecule has 1 amide bonds. The largest absolute Gasteiger partial charge is 0.347 e. The van der Waals surface area contributed by atoms with Gasteiger partial charge in [0.2, 0.25) is 0 Å². The minimum absolute atomic E-state index is 0.0367. The van der Waals surface area contributed by atoms with E-state index in [1.54, 1.807) is 4.57 Å². The summed E-state index contributed by atoms with van der Waals surface area (Å²) in [6.45, 7) is 4.30. The third kappa shape index (κ3) is 3.36. The number of amides is 1. The van der Waals surface area contributed by atoms with E-state index in [0.29, 0.717) is 12.2 Å². The van der Waals surface area contributed by atoms with E-state index >= 15 is 0 Å². The fraction of sp³-hybridized carbons (Fsp3) is 0.615. The predicted molar refractivity (Wildman–Crippen MR) is 74.7 cm³/mol. The zero-order valence-corrected chi connectivity index (χ0v) is 11.6. The first kappa shape index (κ1) is 14.5. The highest BCUT2D eigenvalue weighted by Crippen LogP contribution is 2.17. The van der Waals surface area contributed by atoms with Gasteiger partial charge in [-0.25, -0.2) is 0 Å². The molecule has 2 heterocycles. The smallest absolute Gasteiger partial charge is 0.287 e. The van der Waals surface area contributed by atoms with Crippen LogP contribution >= 0.6 is 0 Å². The molecule has 0 bridgehead atoms. The number of hydrogen-bond acceptors (Lipinski definition) is 4. The van der Waals surface area contributed by atoms with Gasteiger partial charge in [0.1, 0.15) is 5.69 Å². The monoisotopic (exact) mass is 280 g/mol. The van der Waals surface area contributed by atoms with Crippen molar-refractivity contribution >= 4 is 11.6 Å². The molecule has 1 fully saturated rings. The highest BCUT2D eigenvalue weighted by molar-refractivity contribution is 5.93. The zero-order chi connectivity index (χ0) is 14.5. The van der Waals surface area contributed by atoms with Crippen LogP contribution in [0, 0.1) is 10.1 Å². The van der Waals surface area contributed by atoms with Crippen LogP contribution in [0.5, 0.6) is 0 Å². The van der Waals surface area contributed by atoms with Crippen LogP contribution in [-0.2, 0) is 6.54 Å². The number of nitro groups is 1. The zero-order valence-electron chi connectivity index (χ0n) is 11.6. The summed E-state index contributed by atoms with van der Waals surface area (Å²) in [6, 6.07) is 1.45. The van der Waals surface area contributed by atoms with E-state index in [9.17, 15) is 14.9 Å². The van der Waals surface area contributed by atoms with Gasteiger partial charge in [0.25, 0.3) is 11.6 Å². The van der Waals surface area contributed by atoms with Crippen molar-refractivity contribution in [1.82, 2.24) is 15.2 Å². The number of carbonyl (C=O) groups is 1. The number of piperidine rings is 1. The van der Waals surface area contributed by atoms with Crippen LogP contribution in [0.2, 0.25) is 0 Å². The number of nitrogens with one attached hydrogen (secondary N) is 2. The SMILES string of the molecule is CCCn1cc([N+](=O)[O-])cc1C(=O)N[C@H]1CCCNC1. The topological polar surface area (TPSA) is 89.2 Å². The molecule has 1 aliphatic rings. The highest BCUT2D eigenvalue weighted by atomic mass is 16.6. The number of aryl methyl sites for hydroxylation is 1. The molecule has 0 unspecified atom stereocenters. The van der Waals surface area contributed by atoms with Gasteiger partial charge in [0.15, 0.2) is 0 Å². The molecule has 1 atom stereocenters. The van der Waals surface area contributed by atoms with Crippen LogP contribution in [0.15, 0.2) is 12.3 Å². The minimum Gasteiger partial charge on any atom is -0.347 e. The van der Waals surface area contributed by atoms with E-state index < -0.39 is 4.92 Å². The number of carbonyl (C=O) groups excluding carboxylic acids is 1. The van der Waals surface area contributed by atoms with E-state index in [1.807, 2.05) is 6.92 Å². The quantitative estimate of drug-likeness (QED) is 0.628. The summed E-state index contributed by atoms with van der Waals surface area (Å²) in [5.41, 5.74) is 0.328. The molecule has 7 nitrogen and oxygen atoms in total. The fourth-order valence-electron chi connectivity index (χ4n) is 2.45. The predicted octanol–water partition coefficient (Wildman–Crippen LogP) is 1.29. The van der Waals surface area contributed by atoms with E-state index in [0.717, 1.165) is 32.4 Å². The molecule has 1 aromatic rings. The molecule has 110 valence electrons. The summed E-state index contributed by atoms with van der Waals surface area (Å²) in [6.07, 6.45) is 4.21. The summed E-state index contributed by atoms with van der Waals surface area (Å²) in [4.78, 5) is 22.6. The third-order valence-electron chi connectivity index (χ3n) is 3.42. The number of hydrogen-bond donors (Lipinski definition) is 2. The Balaban J connectivity index is 2.12. The van der Waals surface area contributed by atoms with Crippen molar-refractivity contribution in [1.29, 1.82) is 0 Å². The van der Waals surface area contributed by atoms with Crippen molar-refractivity contribution in [3.63, 3.8) is 0 Å². The van der Waals surface area contributed by atoms with Crippen molar-refractivity contribution in [2.75, 3.05) is 13.1 Å². The number of nitrogens with zero attached hydrogens (tertiary/aromatic N) is 2. The minimum atomic E-state index is -0.467. The molecule has 0 spiro atoms. The molecule has 1 aromatic heterocycles. The molecular weight excluding hydrogens is 260 g/mol. The van der Waals surface area contributed by atoms with E-state index in [-0.39, 0.29) is 17.6 Å².